The van der Waals surface area contributed by atoms with E-state index in [1.54, 1.807) is 0 Å². The molecule has 0 unspecified atom stereocenters. The average Bonchev–Trinajstić information content (AvgIpc) is 3.87. The highest BCUT2D eigenvalue weighted by atomic mass is 15.0. The molecule has 0 fully saturated rings. The van der Waals surface area contributed by atoms with Crippen molar-refractivity contribution < 1.29 is 0 Å². The lowest BCUT2D eigenvalue weighted by atomic mass is 9.93. The van der Waals surface area contributed by atoms with Gasteiger partial charge in [0, 0.05) is 50.9 Å². The molecule has 0 spiro atoms. The zero-order valence-electron chi connectivity index (χ0n) is 29.2. The molecule has 0 amide bonds. The van der Waals surface area contributed by atoms with Crippen LogP contribution in [0.2, 0.25) is 0 Å². The lowest BCUT2D eigenvalue weighted by molar-refractivity contribution is 1.18. The molecule has 3 aromatic heterocycles. The van der Waals surface area contributed by atoms with Crippen LogP contribution in [0, 0.1) is 0 Å². The highest BCUT2D eigenvalue weighted by molar-refractivity contribution is 6.19. The van der Waals surface area contributed by atoms with Gasteiger partial charge in [0.15, 0.2) is 0 Å². The number of benzene rings is 8. The first-order chi connectivity index (χ1) is 26.8. The first-order valence-electron chi connectivity index (χ1n) is 18.5. The van der Waals surface area contributed by atoms with Gasteiger partial charge >= 0.3 is 0 Å². The first-order valence-corrected chi connectivity index (χ1v) is 18.5. The van der Waals surface area contributed by atoms with E-state index in [2.05, 4.69) is 190 Å². The summed E-state index contributed by atoms with van der Waals surface area (Å²) in [5.74, 6) is 0. The lowest BCUT2D eigenvalue weighted by Crippen LogP contribution is -1.93. The fraction of sp³-hybridized carbons (Fsp3) is 0. The lowest BCUT2D eigenvalue weighted by Gasteiger charge is -2.11. The second kappa shape index (κ2) is 11.1. The van der Waals surface area contributed by atoms with Gasteiger partial charge in [-0.1, -0.05) is 103 Å². The van der Waals surface area contributed by atoms with Gasteiger partial charge in [0.25, 0.3) is 0 Å². The third-order valence-electron chi connectivity index (χ3n) is 11.6. The van der Waals surface area contributed by atoms with Crippen molar-refractivity contribution in [1.29, 1.82) is 0 Å². The fourth-order valence-corrected chi connectivity index (χ4v) is 9.18. The van der Waals surface area contributed by atoms with Gasteiger partial charge in [-0.05, 0) is 123 Å². The van der Waals surface area contributed by atoms with Gasteiger partial charge in [0.2, 0.25) is 0 Å². The van der Waals surface area contributed by atoms with E-state index < -0.39 is 0 Å². The fourth-order valence-electron chi connectivity index (χ4n) is 9.18. The van der Waals surface area contributed by atoms with Crippen LogP contribution in [0.5, 0.6) is 0 Å². The minimum Gasteiger partial charge on any atom is -0.309 e. The van der Waals surface area contributed by atoms with Crippen molar-refractivity contribution in [1.82, 2.24) is 14.1 Å². The van der Waals surface area contributed by atoms with Crippen LogP contribution >= 0.6 is 0 Å². The summed E-state index contributed by atoms with van der Waals surface area (Å²) in [6.07, 6.45) is 3.90. The summed E-state index contributed by atoms with van der Waals surface area (Å²) in [5.41, 5.74) is 17.1. The largest absolute Gasteiger partial charge is 0.309 e. The van der Waals surface area contributed by atoms with E-state index >= 15 is 0 Å². The summed E-state index contributed by atoms with van der Waals surface area (Å²) in [6, 6.07) is 64.5. The zero-order valence-corrected chi connectivity index (χ0v) is 29.2. The monoisotopic (exact) mass is 685 g/mol. The Morgan fingerprint density at radius 2 is 0.833 bits per heavy atom. The predicted octanol–water partition coefficient (Wildman–Crippen LogP) is 13.4. The topological polar surface area (TPSA) is 22.8 Å². The number of para-hydroxylation sites is 3. The summed E-state index contributed by atoms with van der Waals surface area (Å²) in [6.45, 7) is 0. The normalized spacial score (nSPS) is 12.1. The molecule has 1 aliphatic carbocycles. The number of hydrogen-bond donors (Lipinski definition) is 0. The number of fused-ring (bicyclic) bond motifs is 9. The molecule has 3 heteroatoms. The molecule has 0 bridgehead atoms. The maximum absolute atomic E-state index is 4.46. The van der Waals surface area contributed by atoms with Crippen molar-refractivity contribution in [3.8, 4) is 55.9 Å². The molecule has 0 radical (unpaired) electrons. The smallest absolute Gasteiger partial charge is 0.0541 e. The van der Waals surface area contributed by atoms with Crippen LogP contribution < -0.4 is 0 Å². The van der Waals surface area contributed by atoms with E-state index in [1.807, 2.05) is 12.4 Å². The van der Waals surface area contributed by atoms with Crippen LogP contribution in [0.15, 0.2) is 188 Å². The Bertz CT molecular complexity index is 3280. The summed E-state index contributed by atoms with van der Waals surface area (Å²) < 4.78 is 4.79. The molecule has 0 saturated heterocycles. The third-order valence-corrected chi connectivity index (χ3v) is 11.6. The summed E-state index contributed by atoms with van der Waals surface area (Å²) in [7, 11) is 0. The molecule has 3 heterocycles. The van der Waals surface area contributed by atoms with Crippen molar-refractivity contribution >= 4 is 54.4 Å². The predicted molar refractivity (Wildman–Crippen MR) is 226 cm³/mol. The molecular formula is C51H31N3. The van der Waals surface area contributed by atoms with Crippen molar-refractivity contribution in [2.24, 2.45) is 0 Å². The molecule has 0 aliphatic heterocycles. The summed E-state index contributed by atoms with van der Waals surface area (Å²) in [5, 5.41) is 7.59. The van der Waals surface area contributed by atoms with E-state index in [-0.39, 0.29) is 0 Å². The third kappa shape index (κ3) is 4.09. The molecule has 250 valence electrons. The average molecular weight is 686 g/mol. The summed E-state index contributed by atoms with van der Waals surface area (Å²) in [4.78, 5) is 4.46. The zero-order chi connectivity index (χ0) is 35.3. The van der Waals surface area contributed by atoms with Gasteiger partial charge in [0.1, 0.15) is 0 Å². The van der Waals surface area contributed by atoms with Gasteiger partial charge in [-0.2, -0.15) is 0 Å². The Morgan fingerprint density at radius 3 is 1.52 bits per heavy atom. The van der Waals surface area contributed by atoms with Crippen LogP contribution in [-0.4, -0.2) is 14.1 Å². The summed E-state index contributed by atoms with van der Waals surface area (Å²) >= 11 is 0. The Hall–Kier alpha value is -7.23. The highest BCUT2D eigenvalue weighted by Gasteiger charge is 2.23. The maximum Gasteiger partial charge on any atom is 0.0541 e. The van der Waals surface area contributed by atoms with Gasteiger partial charge in [0.05, 0.1) is 22.1 Å². The van der Waals surface area contributed by atoms with Gasteiger partial charge in [-0.3, -0.25) is 4.98 Å². The Morgan fingerprint density at radius 1 is 0.315 bits per heavy atom. The number of aromatic nitrogens is 3. The minimum atomic E-state index is 1.16. The van der Waals surface area contributed by atoms with Crippen molar-refractivity contribution in [2.45, 2.75) is 0 Å². The van der Waals surface area contributed by atoms with Gasteiger partial charge < -0.3 is 9.13 Å². The standard InChI is InChI=1S/C51H31N3/c1-3-10-35(11-4-1)53-47-17-8-7-14-39(47)43-28-32(18-23-48(43)53)33-19-24-49-44(29-33)45-30-34(20-25-50(45)54(49)36-12-5-2-6-13-36)37-21-22-42-46-31-52-27-26-38(46)41-16-9-15-40(37)51(41)42/h1-31H. The van der Waals surface area contributed by atoms with E-state index in [0.717, 1.165) is 5.69 Å². The van der Waals surface area contributed by atoms with E-state index in [9.17, 15) is 0 Å². The molecule has 0 atom stereocenters. The maximum atomic E-state index is 4.46. The van der Waals surface area contributed by atoms with Crippen LogP contribution in [0.3, 0.4) is 0 Å². The SMILES string of the molecule is c1ccc(-n2c3ccccc3c3cc(-c4ccc5c(c4)c4cc(-c6ccc7c8c(cccc68)-c6ccncc6-7)ccc4n5-c4ccccc4)ccc32)cc1. The molecule has 8 aromatic carbocycles. The Balaban J connectivity index is 1.08. The van der Waals surface area contributed by atoms with Crippen molar-refractivity contribution in [3.63, 3.8) is 0 Å². The molecule has 0 N–H and O–H groups in total. The van der Waals surface area contributed by atoms with Crippen molar-refractivity contribution in [3.05, 3.63) is 188 Å². The molecule has 1 aliphatic rings. The van der Waals surface area contributed by atoms with E-state index in [4.69, 9.17) is 0 Å². The molecule has 11 aromatic rings. The molecule has 54 heavy (non-hydrogen) atoms. The Labute approximate surface area is 311 Å². The van der Waals surface area contributed by atoms with E-state index in [0.29, 0.717) is 0 Å². The molecule has 12 rings (SSSR count). The number of pyridine rings is 1. The van der Waals surface area contributed by atoms with Gasteiger partial charge in [-0.15, -0.1) is 0 Å². The van der Waals surface area contributed by atoms with E-state index in [1.165, 1.54) is 105 Å². The number of rotatable bonds is 4. The second-order valence-corrected chi connectivity index (χ2v) is 14.4. The Kier molecular flexibility index (Phi) is 6.05. The second-order valence-electron chi connectivity index (χ2n) is 14.4. The van der Waals surface area contributed by atoms with Crippen LogP contribution in [0.1, 0.15) is 0 Å². The number of nitrogens with zero attached hydrogens (tertiary/aromatic N) is 3. The van der Waals surface area contributed by atoms with Crippen LogP contribution in [0.25, 0.3) is 110 Å². The minimum absolute atomic E-state index is 1.16. The highest BCUT2D eigenvalue weighted by Crippen LogP contribution is 2.49. The number of hydrogen-bond acceptors (Lipinski definition) is 1. The molecular weight excluding hydrogens is 655 g/mol. The van der Waals surface area contributed by atoms with Crippen molar-refractivity contribution in [2.75, 3.05) is 0 Å². The quantitative estimate of drug-likeness (QED) is 0.181. The van der Waals surface area contributed by atoms with Gasteiger partial charge in [-0.25, -0.2) is 0 Å². The first kappa shape index (κ1) is 29.4. The molecule has 0 saturated carbocycles. The van der Waals surface area contributed by atoms with Crippen LogP contribution in [0.4, 0.5) is 0 Å². The molecule has 3 nitrogen and oxygen atoms in total. The van der Waals surface area contributed by atoms with Crippen LogP contribution in [-0.2, 0) is 0 Å².